The first-order valence-electron chi connectivity index (χ1n) is 4.69. The molecular weight excluding hydrogens is 252 g/mol. The van der Waals surface area contributed by atoms with E-state index in [-0.39, 0.29) is 22.5 Å². The lowest BCUT2D eigenvalue weighted by atomic mass is 9.95. The van der Waals surface area contributed by atoms with Crippen molar-refractivity contribution < 1.29 is 9.18 Å². The Morgan fingerprint density at radius 1 is 1.50 bits per heavy atom. The fourth-order valence-electron chi connectivity index (χ4n) is 0.943. The smallest absolute Gasteiger partial charge is 0.231 e. The lowest BCUT2D eigenvalue weighted by Crippen LogP contribution is -2.32. The van der Waals surface area contributed by atoms with Gasteiger partial charge in [-0.2, -0.15) is 0 Å². The third-order valence-corrected chi connectivity index (χ3v) is 3.03. The number of nitrogens with one attached hydrogen (secondary N) is 1. The molecule has 2 nitrogen and oxygen atoms in total. The molecule has 0 aliphatic carbocycles. The minimum absolute atomic E-state index is 0.104. The van der Waals surface area contributed by atoms with Crippen LogP contribution in [0.4, 0.5) is 10.1 Å². The summed E-state index contributed by atoms with van der Waals surface area (Å²) in [6.07, 6.45) is 0. The van der Waals surface area contributed by atoms with Crippen LogP contribution in [-0.2, 0) is 4.79 Å². The quantitative estimate of drug-likeness (QED) is 0.829. The maximum Gasteiger partial charge on any atom is 0.231 e. The molecule has 0 spiro atoms. The van der Waals surface area contributed by atoms with Crippen molar-refractivity contribution in [2.75, 3.05) is 11.2 Å². The predicted molar refractivity (Wildman–Crippen MR) is 64.5 cm³/mol. The lowest BCUT2D eigenvalue weighted by Gasteiger charge is -2.20. The molecule has 0 bridgehead atoms. The second-order valence-corrected chi connectivity index (χ2v) is 4.80. The summed E-state index contributed by atoms with van der Waals surface area (Å²) >= 11 is 11.2. The van der Waals surface area contributed by atoms with E-state index in [0.717, 1.165) is 6.07 Å². The lowest BCUT2D eigenvalue weighted by molar-refractivity contribution is -0.123. The Labute approximate surface area is 104 Å². The molecule has 0 aliphatic heterocycles. The van der Waals surface area contributed by atoms with Crippen LogP contribution in [0.1, 0.15) is 13.8 Å². The maximum absolute atomic E-state index is 13.4. The average molecular weight is 264 g/mol. The highest BCUT2D eigenvalue weighted by Crippen LogP contribution is 2.23. The van der Waals surface area contributed by atoms with Crippen LogP contribution in [0.15, 0.2) is 18.2 Å². The first kappa shape index (κ1) is 13.3. The van der Waals surface area contributed by atoms with Crippen LogP contribution in [-0.4, -0.2) is 11.8 Å². The van der Waals surface area contributed by atoms with Crippen LogP contribution in [0.5, 0.6) is 0 Å². The van der Waals surface area contributed by atoms with Crippen LogP contribution in [0.3, 0.4) is 0 Å². The summed E-state index contributed by atoms with van der Waals surface area (Å²) < 4.78 is 13.4. The number of amides is 1. The molecule has 0 saturated carbocycles. The van der Waals surface area contributed by atoms with E-state index >= 15 is 0 Å². The summed E-state index contributed by atoms with van der Waals surface area (Å²) in [5, 5.41) is 2.76. The summed E-state index contributed by atoms with van der Waals surface area (Å²) in [5.74, 6) is -0.733. The van der Waals surface area contributed by atoms with Gasteiger partial charge in [0, 0.05) is 10.9 Å². The number of carbonyl (C=O) groups excluding carboxylic acids is 1. The molecule has 0 saturated heterocycles. The highest BCUT2D eigenvalue weighted by molar-refractivity contribution is 6.30. The Bertz CT molecular complexity index is 407. The number of carbonyl (C=O) groups is 1. The molecule has 0 radical (unpaired) electrons. The van der Waals surface area contributed by atoms with Crippen molar-refractivity contribution in [1.29, 1.82) is 0 Å². The highest BCUT2D eigenvalue weighted by Gasteiger charge is 2.27. The van der Waals surface area contributed by atoms with E-state index in [0.29, 0.717) is 0 Å². The zero-order valence-electron chi connectivity index (χ0n) is 8.98. The van der Waals surface area contributed by atoms with Gasteiger partial charge in [-0.15, -0.1) is 11.6 Å². The molecule has 1 aromatic rings. The maximum atomic E-state index is 13.4. The number of alkyl halides is 1. The van der Waals surface area contributed by atoms with Gasteiger partial charge in [0.15, 0.2) is 0 Å². The van der Waals surface area contributed by atoms with Gasteiger partial charge in [0.05, 0.1) is 11.1 Å². The standard InChI is InChI=1S/C11H12Cl2FNO/c1-11(2,6-12)10(16)15-9-4-3-7(13)5-8(9)14/h3-5H,6H2,1-2H3,(H,15,16). The van der Waals surface area contributed by atoms with Crippen LogP contribution in [0.25, 0.3) is 0 Å². The molecule has 1 aromatic carbocycles. The topological polar surface area (TPSA) is 29.1 Å². The molecule has 1 amide bonds. The van der Waals surface area contributed by atoms with Gasteiger partial charge in [-0.25, -0.2) is 4.39 Å². The summed E-state index contributed by atoms with van der Waals surface area (Å²) in [7, 11) is 0. The van der Waals surface area contributed by atoms with E-state index in [2.05, 4.69) is 5.32 Å². The van der Waals surface area contributed by atoms with Gasteiger partial charge in [0.1, 0.15) is 5.82 Å². The second-order valence-electron chi connectivity index (χ2n) is 4.10. The Balaban J connectivity index is 2.85. The predicted octanol–water partition coefficient (Wildman–Crippen LogP) is 3.68. The molecule has 0 aliphatic rings. The molecule has 0 atom stereocenters. The molecule has 0 unspecified atom stereocenters. The van der Waals surface area contributed by atoms with Crippen molar-refractivity contribution in [2.24, 2.45) is 5.41 Å². The van der Waals surface area contributed by atoms with Gasteiger partial charge in [-0.3, -0.25) is 4.79 Å². The Hall–Kier alpha value is -0.800. The fraction of sp³-hybridized carbons (Fsp3) is 0.364. The van der Waals surface area contributed by atoms with E-state index in [1.807, 2.05) is 0 Å². The van der Waals surface area contributed by atoms with Crippen LogP contribution >= 0.6 is 23.2 Å². The van der Waals surface area contributed by atoms with Crippen LogP contribution < -0.4 is 5.32 Å². The monoisotopic (exact) mass is 263 g/mol. The van der Waals surface area contributed by atoms with E-state index in [1.165, 1.54) is 12.1 Å². The van der Waals surface area contributed by atoms with E-state index < -0.39 is 11.2 Å². The van der Waals surface area contributed by atoms with Crippen LogP contribution in [0, 0.1) is 11.2 Å². The second kappa shape index (κ2) is 5.02. The zero-order chi connectivity index (χ0) is 12.3. The number of halogens is 3. The number of benzene rings is 1. The number of rotatable bonds is 3. The molecule has 0 heterocycles. The number of hydrogen-bond acceptors (Lipinski definition) is 1. The minimum Gasteiger partial charge on any atom is -0.323 e. The van der Waals surface area contributed by atoms with Crippen molar-refractivity contribution in [1.82, 2.24) is 0 Å². The first-order valence-corrected chi connectivity index (χ1v) is 5.60. The van der Waals surface area contributed by atoms with Crippen molar-refractivity contribution in [2.45, 2.75) is 13.8 Å². The molecular formula is C11H12Cl2FNO. The molecule has 5 heteroatoms. The molecule has 88 valence electrons. The Morgan fingerprint density at radius 2 is 2.12 bits per heavy atom. The van der Waals surface area contributed by atoms with E-state index in [9.17, 15) is 9.18 Å². The number of hydrogen-bond donors (Lipinski definition) is 1. The summed E-state index contributed by atoms with van der Waals surface area (Å²) in [5.41, 5.74) is -0.638. The van der Waals surface area contributed by atoms with Crippen LogP contribution in [0.2, 0.25) is 5.02 Å². The molecule has 1 N–H and O–H groups in total. The summed E-state index contributed by atoms with van der Waals surface area (Å²) in [6, 6.07) is 4.07. The highest BCUT2D eigenvalue weighted by atomic mass is 35.5. The van der Waals surface area contributed by atoms with Crippen molar-refractivity contribution >= 4 is 34.8 Å². The van der Waals surface area contributed by atoms with Gasteiger partial charge in [0.25, 0.3) is 0 Å². The van der Waals surface area contributed by atoms with Crippen molar-refractivity contribution in [3.05, 3.63) is 29.0 Å². The molecule has 1 rings (SSSR count). The van der Waals surface area contributed by atoms with Gasteiger partial charge in [-0.05, 0) is 32.0 Å². The first-order chi connectivity index (χ1) is 7.36. The third kappa shape index (κ3) is 3.09. The average Bonchev–Trinajstić information content (AvgIpc) is 2.22. The van der Waals surface area contributed by atoms with E-state index in [4.69, 9.17) is 23.2 Å². The van der Waals surface area contributed by atoms with E-state index in [1.54, 1.807) is 13.8 Å². The van der Waals surface area contributed by atoms with Crippen molar-refractivity contribution in [3.63, 3.8) is 0 Å². The number of anilines is 1. The summed E-state index contributed by atoms with van der Waals surface area (Å²) in [6.45, 7) is 3.37. The van der Waals surface area contributed by atoms with Gasteiger partial charge in [0.2, 0.25) is 5.91 Å². The Morgan fingerprint density at radius 3 is 2.62 bits per heavy atom. The van der Waals surface area contributed by atoms with Gasteiger partial charge >= 0.3 is 0 Å². The van der Waals surface area contributed by atoms with Crippen molar-refractivity contribution in [3.8, 4) is 0 Å². The minimum atomic E-state index is -0.742. The largest absolute Gasteiger partial charge is 0.323 e. The third-order valence-electron chi connectivity index (χ3n) is 2.13. The van der Waals surface area contributed by atoms with Gasteiger partial charge in [-0.1, -0.05) is 11.6 Å². The molecule has 0 aromatic heterocycles. The molecule has 0 fully saturated rings. The summed E-state index contributed by atoms with van der Waals surface area (Å²) in [4.78, 5) is 11.7. The SMILES string of the molecule is CC(C)(CCl)C(=O)Nc1ccc(Cl)cc1F. The fourth-order valence-corrected chi connectivity index (χ4v) is 1.22. The zero-order valence-corrected chi connectivity index (χ0v) is 10.5. The Kier molecular flexibility index (Phi) is 4.16. The normalized spacial score (nSPS) is 11.3. The molecule has 16 heavy (non-hydrogen) atoms. The van der Waals surface area contributed by atoms with Gasteiger partial charge < -0.3 is 5.32 Å².